The number of rotatable bonds is 8. The van der Waals surface area contributed by atoms with Crippen LogP contribution in [0.4, 0.5) is 11.4 Å². The van der Waals surface area contributed by atoms with Crippen LogP contribution in [0.3, 0.4) is 0 Å². The summed E-state index contributed by atoms with van der Waals surface area (Å²) < 4.78 is 1.65. The second-order valence-corrected chi connectivity index (χ2v) is 9.17. The molecule has 0 aliphatic carbocycles. The first-order chi connectivity index (χ1) is 16.1. The van der Waals surface area contributed by atoms with Gasteiger partial charge >= 0.3 is 0 Å². The summed E-state index contributed by atoms with van der Waals surface area (Å²) in [5.41, 5.74) is 0.213. The fourth-order valence-electron chi connectivity index (χ4n) is 2.88. The Labute approximate surface area is 213 Å². The molecule has 2 amide bonds. The Morgan fingerprint density at radius 1 is 1.15 bits per heavy atom. The van der Waals surface area contributed by atoms with Crippen LogP contribution in [0.1, 0.15) is 29.1 Å². The summed E-state index contributed by atoms with van der Waals surface area (Å²) in [5.74, 6) is -0.426. The maximum Gasteiger partial charge on any atom is 0.271 e. The second kappa shape index (κ2) is 11.0. The highest BCUT2D eigenvalue weighted by atomic mass is 35.5. The Morgan fingerprint density at radius 3 is 2.56 bits per heavy atom. The normalized spacial score (nSPS) is 11.7. The van der Waals surface area contributed by atoms with Gasteiger partial charge < -0.3 is 15.2 Å². The zero-order chi connectivity index (χ0) is 25.0. The first kappa shape index (κ1) is 25.8. The maximum atomic E-state index is 12.6. The SMILES string of the molecule is C[C@@H](NC(=O)c1ccc(Cl)cc1Cl)c1nnc(SCC(=O)Nc2cc([N+](=O)[O-])ccc2Cl)n1C. The van der Waals surface area contributed by atoms with Gasteiger partial charge in [-0.25, -0.2) is 0 Å². The van der Waals surface area contributed by atoms with Crippen molar-refractivity contribution >= 4 is 69.8 Å². The minimum atomic E-state index is -0.581. The smallest absolute Gasteiger partial charge is 0.271 e. The first-order valence-electron chi connectivity index (χ1n) is 9.58. The number of nitro benzene ring substituents is 1. The Balaban J connectivity index is 1.62. The molecule has 178 valence electrons. The molecule has 0 aliphatic rings. The summed E-state index contributed by atoms with van der Waals surface area (Å²) in [6, 6.07) is 7.82. The molecule has 0 saturated carbocycles. The van der Waals surface area contributed by atoms with Crippen LogP contribution < -0.4 is 10.6 Å². The lowest BCUT2D eigenvalue weighted by Crippen LogP contribution is -2.28. The van der Waals surface area contributed by atoms with E-state index < -0.39 is 22.8 Å². The summed E-state index contributed by atoms with van der Waals surface area (Å²) in [5, 5.41) is 25.7. The number of hydrogen-bond donors (Lipinski definition) is 2. The molecular formula is C20H17Cl3N6O4S. The lowest BCUT2D eigenvalue weighted by molar-refractivity contribution is -0.384. The number of nitrogens with one attached hydrogen (secondary N) is 2. The van der Waals surface area contributed by atoms with E-state index >= 15 is 0 Å². The van der Waals surface area contributed by atoms with Gasteiger partial charge in [-0.1, -0.05) is 46.6 Å². The minimum absolute atomic E-state index is 0.0495. The number of benzene rings is 2. The van der Waals surface area contributed by atoms with Crippen molar-refractivity contribution in [1.82, 2.24) is 20.1 Å². The van der Waals surface area contributed by atoms with Gasteiger partial charge in [0.15, 0.2) is 11.0 Å². The average molecular weight is 544 g/mol. The molecule has 3 rings (SSSR count). The quantitative estimate of drug-likeness (QED) is 0.234. The van der Waals surface area contributed by atoms with Gasteiger partial charge in [0.25, 0.3) is 11.6 Å². The average Bonchev–Trinajstić information content (AvgIpc) is 3.13. The van der Waals surface area contributed by atoms with Gasteiger partial charge in [-0.2, -0.15) is 0 Å². The molecule has 0 aliphatic heterocycles. The molecule has 1 aromatic heterocycles. The molecule has 0 fully saturated rings. The highest BCUT2D eigenvalue weighted by Gasteiger charge is 2.20. The van der Waals surface area contributed by atoms with Crippen molar-refractivity contribution in [2.45, 2.75) is 18.1 Å². The number of halogens is 3. The highest BCUT2D eigenvalue weighted by molar-refractivity contribution is 7.99. The van der Waals surface area contributed by atoms with Crippen LogP contribution in [-0.4, -0.2) is 37.3 Å². The third-order valence-electron chi connectivity index (χ3n) is 4.55. The Hall–Kier alpha value is -2.86. The number of hydrogen-bond acceptors (Lipinski definition) is 7. The van der Waals surface area contributed by atoms with Crippen molar-refractivity contribution < 1.29 is 14.5 Å². The molecule has 10 nitrogen and oxygen atoms in total. The standard InChI is InChI=1S/C20H17Cl3N6O4S/c1-10(24-19(31)13-5-3-11(21)7-15(13)23)18-26-27-20(28(18)2)34-9-17(30)25-16-8-12(29(32)33)4-6-14(16)22/h3-8,10H,9H2,1-2H3,(H,24,31)(H,25,30)/t10-/m1/s1. The summed E-state index contributed by atoms with van der Waals surface area (Å²) in [6.45, 7) is 1.73. The van der Waals surface area contributed by atoms with Gasteiger partial charge in [-0.3, -0.25) is 19.7 Å². The van der Waals surface area contributed by atoms with Crippen molar-refractivity contribution in [2.75, 3.05) is 11.1 Å². The topological polar surface area (TPSA) is 132 Å². The van der Waals surface area contributed by atoms with Gasteiger partial charge in [-0.15, -0.1) is 10.2 Å². The fourth-order valence-corrected chi connectivity index (χ4v) is 4.26. The lowest BCUT2D eigenvalue weighted by atomic mass is 10.2. The van der Waals surface area contributed by atoms with Crippen LogP contribution in [0.25, 0.3) is 0 Å². The van der Waals surface area contributed by atoms with Crippen molar-refractivity contribution in [3.8, 4) is 0 Å². The molecule has 0 saturated heterocycles. The largest absolute Gasteiger partial charge is 0.342 e. The number of nitrogens with zero attached hydrogens (tertiary/aromatic N) is 4. The van der Waals surface area contributed by atoms with E-state index in [-0.39, 0.29) is 32.7 Å². The third-order valence-corrected chi connectivity index (χ3v) is 6.44. The molecule has 1 atom stereocenters. The number of aromatic nitrogens is 3. The third kappa shape index (κ3) is 6.17. The number of anilines is 1. The molecule has 14 heteroatoms. The number of thioether (sulfide) groups is 1. The molecule has 1 heterocycles. The van der Waals surface area contributed by atoms with E-state index in [0.29, 0.717) is 16.0 Å². The van der Waals surface area contributed by atoms with E-state index in [0.717, 1.165) is 11.8 Å². The van der Waals surface area contributed by atoms with E-state index in [2.05, 4.69) is 20.8 Å². The number of carbonyl (C=O) groups excluding carboxylic acids is 2. The van der Waals surface area contributed by atoms with Crippen molar-refractivity contribution in [3.63, 3.8) is 0 Å². The molecule has 2 N–H and O–H groups in total. The van der Waals surface area contributed by atoms with Gasteiger partial charge in [0.1, 0.15) is 0 Å². The monoisotopic (exact) mass is 542 g/mol. The first-order valence-corrected chi connectivity index (χ1v) is 11.7. The van der Waals surface area contributed by atoms with Gasteiger partial charge in [0.2, 0.25) is 5.91 Å². The second-order valence-electron chi connectivity index (χ2n) is 6.98. The van der Waals surface area contributed by atoms with Gasteiger partial charge in [-0.05, 0) is 31.2 Å². The van der Waals surface area contributed by atoms with Crippen LogP contribution in [0.5, 0.6) is 0 Å². The molecule has 0 unspecified atom stereocenters. The van der Waals surface area contributed by atoms with Crippen molar-refractivity contribution in [2.24, 2.45) is 7.05 Å². The zero-order valence-electron chi connectivity index (χ0n) is 17.7. The van der Waals surface area contributed by atoms with Crippen molar-refractivity contribution in [3.05, 3.63) is 73.0 Å². The van der Waals surface area contributed by atoms with Crippen LogP contribution in [0.2, 0.25) is 15.1 Å². The Morgan fingerprint density at radius 2 is 1.88 bits per heavy atom. The van der Waals surface area contributed by atoms with E-state index in [4.69, 9.17) is 34.8 Å². The molecule has 3 aromatic rings. The predicted octanol–water partition coefficient (Wildman–Crippen LogP) is 4.91. The van der Waals surface area contributed by atoms with E-state index in [9.17, 15) is 19.7 Å². The molecule has 34 heavy (non-hydrogen) atoms. The summed E-state index contributed by atoms with van der Waals surface area (Å²) in [7, 11) is 1.70. The maximum absolute atomic E-state index is 12.6. The molecule has 0 spiro atoms. The van der Waals surface area contributed by atoms with Crippen LogP contribution >= 0.6 is 46.6 Å². The van der Waals surface area contributed by atoms with Crippen molar-refractivity contribution in [1.29, 1.82) is 0 Å². The van der Waals surface area contributed by atoms with Crippen LogP contribution in [0.15, 0.2) is 41.6 Å². The Bertz CT molecular complexity index is 1270. The minimum Gasteiger partial charge on any atom is -0.342 e. The summed E-state index contributed by atoms with van der Waals surface area (Å²) in [6.07, 6.45) is 0. The highest BCUT2D eigenvalue weighted by Crippen LogP contribution is 2.27. The number of non-ortho nitro benzene ring substituents is 1. The number of nitro groups is 1. The van der Waals surface area contributed by atoms with E-state index in [1.807, 2.05) is 0 Å². The predicted molar refractivity (Wildman–Crippen MR) is 131 cm³/mol. The zero-order valence-corrected chi connectivity index (χ0v) is 20.8. The van der Waals surface area contributed by atoms with Crippen LogP contribution in [0, 0.1) is 10.1 Å². The summed E-state index contributed by atoms with van der Waals surface area (Å²) >= 11 is 19.1. The molecular weight excluding hydrogens is 527 g/mol. The summed E-state index contributed by atoms with van der Waals surface area (Å²) in [4.78, 5) is 35.2. The number of carbonyl (C=O) groups is 2. The van der Waals surface area contributed by atoms with E-state index in [1.54, 1.807) is 24.6 Å². The van der Waals surface area contributed by atoms with E-state index in [1.165, 1.54) is 30.3 Å². The number of amides is 2. The Kier molecular flexibility index (Phi) is 8.37. The fraction of sp³-hybridized carbons (Fsp3) is 0.200. The lowest BCUT2D eigenvalue weighted by Gasteiger charge is -2.14. The van der Waals surface area contributed by atoms with Crippen LogP contribution in [-0.2, 0) is 11.8 Å². The molecule has 0 radical (unpaired) electrons. The molecule has 2 aromatic carbocycles. The van der Waals surface area contributed by atoms with Gasteiger partial charge in [0.05, 0.1) is 38.0 Å². The van der Waals surface area contributed by atoms with Gasteiger partial charge in [0, 0.05) is 24.2 Å². The molecule has 0 bridgehead atoms.